The van der Waals surface area contributed by atoms with E-state index in [9.17, 15) is 9.59 Å². The molecule has 0 rings (SSSR count). The molecule has 5 nitrogen and oxygen atoms in total. The van der Waals surface area contributed by atoms with Crippen LogP contribution < -0.4 is 5.43 Å². The summed E-state index contributed by atoms with van der Waals surface area (Å²) in [5.74, 6) is 0.114. The molecule has 6 heteroatoms. The predicted octanol–water partition coefficient (Wildman–Crippen LogP) is 2.34. The molecule has 19 heavy (non-hydrogen) atoms. The molecule has 0 aliphatic rings. The van der Waals surface area contributed by atoms with Gasteiger partial charge in [-0.1, -0.05) is 14.4 Å². The van der Waals surface area contributed by atoms with Crippen molar-refractivity contribution in [1.29, 1.82) is 0 Å². The molecular formula is C13H29N2O3Y-. The minimum Gasteiger partial charge on any atom is -0.396 e. The maximum absolute atomic E-state index is 9.98. The van der Waals surface area contributed by atoms with Crippen molar-refractivity contribution in [2.24, 2.45) is 5.10 Å². The molecule has 0 bridgehead atoms. The smallest absolute Gasteiger partial charge is 0.236 e. The number of hydrogen-bond donors (Lipinski definition) is 2. The molecule has 0 aliphatic carbocycles. The number of rotatable bonds is 3. The van der Waals surface area contributed by atoms with E-state index in [0.717, 1.165) is 0 Å². The second-order valence-electron chi connectivity index (χ2n) is 3.25. The van der Waals surface area contributed by atoms with Gasteiger partial charge in [0.25, 0.3) is 0 Å². The Balaban J connectivity index is -0.0000000500. The molecule has 2 N–H and O–H groups in total. The Morgan fingerprint density at radius 3 is 1.79 bits per heavy atom. The number of carbonyl (C=O) groups excluding carboxylic acids is 2. The standard InChI is InChI=1S/C4H8N2O.C4H9O.C4H8O.CH4.Y/c1-3-5-6-4(2)7;2*1-3-4(2)5;;/h3H,1-2H3,(H,6,7);4-5H,1,3H2,2H3;3H2,1-2H3;1H4;/q;-1;;;/b5-3-;;;;. The van der Waals surface area contributed by atoms with Gasteiger partial charge >= 0.3 is 0 Å². The fraction of sp³-hybridized carbons (Fsp3) is 0.692. The van der Waals surface area contributed by atoms with Gasteiger partial charge in [0.05, 0.1) is 0 Å². The Hall–Kier alpha value is -0.126. The molecule has 0 aromatic carbocycles. The molecule has 1 radical (unpaired) electrons. The summed E-state index contributed by atoms with van der Waals surface area (Å²) in [6, 6.07) is 0. The van der Waals surface area contributed by atoms with E-state index in [1.54, 1.807) is 20.8 Å². The maximum Gasteiger partial charge on any atom is 0.236 e. The van der Waals surface area contributed by atoms with Gasteiger partial charge in [-0.15, -0.1) is 0 Å². The van der Waals surface area contributed by atoms with Crippen LogP contribution >= 0.6 is 0 Å². The van der Waals surface area contributed by atoms with Crippen LogP contribution in [0.25, 0.3) is 0 Å². The van der Waals surface area contributed by atoms with Crippen molar-refractivity contribution in [3.63, 3.8) is 0 Å². The number of ketones is 1. The largest absolute Gasteiger partial charge is 0.396 e. The molecular weight excluding hydrogens is 321 g/mol. The average Bonchev–Trinajstić information content (AvgIpc) is 2.27. The van der Waals surface area contributed by atoms with Gasteiger partial charge in [-0.05, 0) is 20.8 Å². The number of aliphatic hydroxyl groups excluding tert-OH is 1. The Kier molecular flexibility index (Phi) is 43.6. The SMILES string of the molecule is C.C/C=N\NC(C)=O.CCC(C)=O.[CH2-]CC(C)O.[Y]. The molecule has 0 saturated heterocycles. The summed E-state index contributed by atoms with van der Waals surface area (Å²) in [7, 11) is 0. The van der Waals surface area contributed by atoms with Crippen molar-refractivity contribution < 1.29 is 47.4 Å². The van der Waals surface area contributed by atoms with Crippen LogP contribution in [0.2, 0.25) is 0 Å². The number of nitrogens with one attached hydrogen (secondary N) is 1. The van der Waals surface area contributed by atoms with E-state index in [0.29, 0.717) is 12.8 Å². The van der Waals surface area contributed by atoms with Gasteiger partial charge in [0.15, 0.2) is 0 Å². The van der Waals surface area contributed by atoms with Gasteiger partial charge in [-0.25, -0.2) is 5.43 Å². The summed E-state index contributed by atoms with van der Waals surface area (Å²) in [6.45, 7) is 11.7. The number of carbonyl (C=O) groups is 2. The van der Waals surface area contributed by atoms with Crippen molar-refractivity contribution in [2.45, 2.75) is 61.0 Å². The minimum absolute atomic E-state index is 0. The summed E-state index contributed by atoms with van der Waals surface area (Å²) >= 11 is 0. The fourth-order valence-corrected chi connectivity index (χ4v) is 0.155. The number of Topliss-reactive ketones (excluding diaryl/α,β-unsaturated/α-hetero) is 1. The van der Waals surface area contributed by atoms with E-state index in [2.05, 4.69) is 17.5 Å². The quantitative estimate of drug-likeness (QED) is 0.466. The monoisotopic (exact) mass is 350 g/mol. The van der Waals surface area contributed by atoms with E-state index < -0.39 is 0 Å². The summed E-state index contributed by atoms with van der Waals surface area (Å²) in [4.78, 5) is 19.8. The van der Waals surface area contributed by atoms with Gasteiger partial charge < -0.3 is 16.8 Å². The van der Waals surface area contributed by atoms with E-state index in [1.165, 1.54) is 13.1 Å². The van der Waals surface area contributed by atoms with Crippen LogP contribution in [0, 0.1) is 6.92 Å². The van der Waals surface area contributed by atoms with Crippen molar-refractivity contribution in [2.75, 3.05) is 0 Å². The first kappa shape index (κ1) is 31.3. The van der Waals surface area contributed by atoms with Crippen LogP contribution in [-0.2, 0) is 42.3 Å². The zero-order valence-corrected chi connectivity index (χ0v) is 14.9. The number of amides is 1. The Morgan fingerprint density at radius 2 is 1.74 bits per heavy atom. The second kappa shape index (κ2) is 26.4. The Bertz CT molecular complexity index is 220. The van der Waals surface area contributed by atoms with Crippen LogP contribution in [-0.4, -0.2) is 29.1 Å². The van der Waals surface area contributed by atoms with E-state index >= 15 is 0 Å². The van der Waals surface area contributed by atoms with E-state index in [1.807, 2.05) is 6.92 Å². The number of hydrazone groups is 1. The normalized spacial score (nSPS) is 9.42. The zero-order chi connectivity index (χ0) is 14.3. The van der Waals surface area contributed by atoms with Crippen LogP contribution in [0.1, 0.15) is 54.9 Å². The Labute approximate surface area is 143 Å². The molecule has 1 unspecified atom stereocenters. The number of hydrogen-bond acceptors (Lipinski definition) is 4. The molecule has 0 saturated carbocycles. The molecule has 113 valence electrons. The average molecular weight is 350 g/mol. The second-order valence-corrected chi connectivity index (χ2v) is 3.25. The minimum atomic E-state index is -0.227. The zero-order valence-electron chi connectivity index (χ0n) is 12.1. The van der Waals surface area contributed by atoms with Crippen LogP contribution in [0.3, 0.4) is 0 Å². The summed E-state index contributed by atoms with van der Waals surface area (Å²) < 4.78 is 0. The fourth-order valence-electron chi connectivity index (χ4n) is 0.155. The summed E-state index contributed by atoms with van der Waals surface area (Å²) in [5, 5.41) is 11.7. The molecule has 0 aromatic heterocycles. The molecule has 0 spiro atoms. The van der Waals surface area contributed by atoms with Crippen molar-refractivity contribution in [3.05, 3.63) is 6.92 Å². The number of nitrogens with zero attached hydrogens (tertiary/aromatic N) is 1. The molecule has 0 aliphatic heterocycles. The van der Waals surface area contributed by atoms with Crippen molar-refractivity contribution in [3.8, 4) is 0 Å². The maximum atomic E-state index is 9.98. The first-order chi connectivity index (χ1) is 7.81. The molecule has 1 atom stereocenters. The molecule has 1 amide bonds. The summed E-state index contributed by atoms with van der Waals surface area (Å²) in [6.07, 6.45) is 2.57. The van der Waals surface area contributed by atoms with Gasteiger partial charge in [0, 0.05) is 58.4 Å². The van der Waals surface area contributed by atoms with Gasteiger partial charge in [-0.2, -0.15) is 11.5 Å². The van der Waals surface area contributed by atoms with Crippen LogP contribution in [0.4, 0.5) is 0 Å². The van der Waals surface area contributed by atoms with E-state index in [4.69, 9.17) is 5.11 Å². The van der Waals surface area contributed by atoms with Crippen molar-refractivity contribution in [1.82, 2.24) is 5.43 Å². The predicted molar refractivity (Wildman–Crippen MR) is 77.3 cm³/mol. The molecule has 0 aromatic rings. The van der Waals surface area contributed by atoms with Gasteiger partial charge in [0.2, 0.25) is 5.91 Å². The third-order valence-electron chi connectivity index (χ3n) is 1.27. The van der Waals surface area contributed by atoms with Gasteiger partial charge in [0.1, 0.15) is 5.78 Å². The van der Waals surface area contributed by atoms with E-state index in [-0.39, 0.29) is 57.9 Å². The van der Waals surface area contributed by atoms with Crippen LogP contribution in [0.5, 0.6) is 0 Å². The Morgan fingerprint density at radius 1 is 1.42 bits per heavy atom. The number of aliphatic hydroxyl groups is 1. The summed E-state index contributed by atoms with van der Waals surface area (Å²) in [5.41, 5.74) is 2.23. The van der Waals surface area contributed by atoms with Gasteiger partial charge in [-0.3, -0.25) is 4.79 Å². The molecule has 0 heterocycles. The van der Waals surface area contributed by atoms with Crippen molar-refractivity contribution >= 4 is 17.9 Å². The topological polar surface area (TPSA) is 78.8 Å². The molecule has 0 fully saturated rings. The van der Waals surface area contributed by atoms with Crippen LogP contribution in [0.15, 0.2) is 5.10 Å². The first-order valence-corrected chi connectivity index (χ1v) is 5.52. The third-order valence-corrected chi connectivity index (χ3v) is 1.27. The third kappa shape index (κ3) is 72.6. The first-order valence-electron chi connectivity index (χ1n) is 5.52.